The number of nitrogens with zero attached hydrogens (tertiary/aromatic N) is 4. The van der Waals surface area contributed by atoms with Crippen LogP contribution >= 0.6 is 15.9 Å². The van der Waals surface area contributed by atoms with Crippen molar-refractivity contribution in [1.29, 1.82) is 0 Å². The molecule has 2 aliphatic heterocycles. The first-order chi connectivity index (χ1) is 13.6. The number of carbonyl (C=O) groups excluding carboxylic acids is 1. The smallest absolute Gasteiger partial charge is 0.246 e. The maximum absolute atomic E-state index is 14.4. The highest BCUT2D eigenvalue weighted by atomic mass is 79.9. The molecule has 2 fully saturated rings. The van der Waals surface area contributed by atoms with Gasteiger partial charge in [0.1, 0.15) is 11.5 Å². The SMILES string of the molecule is O=C(/C=C/c1ccc(-n2cc(Br)cn2)c(F)c1)N1CCCC(N2CCCC2)C1. The Morgan fingerprint density at radius 2 is 2.04 bits per heavy atom. The van der Waals surface area contributed by atoms with Crippen LogP contribution in [0.4, 0.5) is 4.39 Å². The zero-order valence-corrected chi connectivity index (χ0v) is 17.3. The van der Waals surface area contributed by atoms with Crippen LogP contribution < -0.4 is 0 Å². The van der Waals surface area contributed by atoms with E-state index in [-0.39, 0.29) is 11.7 Å². The maximum atomic E-state index is 14.4. The molecule has 2 aromatic rings. The summed E-state index contributed by atoms with van der Waals surface area (Å²) in [4.78, 5) is 17.1. The average molecular weight is 447 g/mol. The summed E-state index contributed by atoms with van der Waals surface area (Å²) in [6, 6.07) is 5.38. The van der Waals surface area contributed by atoms with Crippen LogP contribution in [0, 0.1) is 5.82 Å². The average Bonchev–Trinajstić information content (AvgIpc) is 3.38. The van der Waals surface area contributed by atoms with E-state index < -0.39 is 0 Å². The molecule has 7 heteroatoms. The van der Waals surface area contributed by atoms with Gasteiger partial charge in [0.15, 0.2) is 0 Å². The Morgan fingerprint density at radius 1 is 1.21 bits per heavy atom. The van der Waals surface area contributed by atoms with Gasteiger partial charge >= 0.3 is 0 Å². The first kappa shape index (κ1) is 19.3. The van der Waals surface area contributed by atoms with Crippen molar-refractivity contribution in [3.05, 3.63) is 52.5 Å². The molecule has 5 nitrogen and oxygen atoms in total. The quantitative estimate of drug-likeness (QED) is 0.669. The molecule has 0 bridgehead atoms. The minimum Gasteiger partial charge on any atom is -0.338 e. The second-order valence-corrected chi connectivity index (χ2v) is 8.39. The topological polar surface area (TPSA) is 41.4 Å². The normalized spacial score (nSPS) is 20.9. The second kappa shape index (κ2) is 8.57. The molecule has 0 radical (unpaired) electrons. The lowest BCUT2D eigenvalue weighted by Gasteiger charge is -2.37. The van der Waals surface area contributed by atoms with Gasteiger partial charge in [-0.25, -0.2) is 9.07 Å². The predicted molar refractivity (Wildman–Crippen MR) is 111 cm³/mol. The zero-order chi connectivity index (χ0) is 19.5. The molecule has 1 unspecified atom stereocenters. The fourth-order valence-corrected chi connectivity index (χ4v) is 4.36. The summed E-state index contributed by atoms with van der Waals surface area (Å²) in [5.74, 6) is -0.373. The lowest BCUT2D eigenvalue weighted by Crippen LogP contribution is -2.48. The van der Waals surface area contributed by atoms with E-state index in [4.69, 9.17) is 0 Å². The highest BCUT2D eigenvalue weighted by molar-refractivity contribution is 9.10. The summed E-state index contributed by atoms with van der Waals surface area (Å²) >= 11 is 3.31. The van der Waals surface area contributed by atoms with Crippen LogP contribution in [0.3, 0.4) is 0 Å². The second-order valence-electron chi connectivity index (χ2n) is 7.47. The van der Waals surface area contributed by atoms with Crippen molar-refractivity contribution in [2.75, 3.05) is 26.2 Å². The maximum Gasteiger partial charge on any atom is 0.246 e. The molecule has 0 N–H and O–H groups in total. The number of amides is 1. The molecule has 1 amide bonds. The molecule has 2 aliphatic rings. The van der Waals surface area contributed by atoms with Crippen molar-refractivity contribution in [1.82, 2.24) is 19.6 Å². The van der Waals surface area contributed by atoms with E-state index in [0.29, 0.717) is 17.3 Å². The molecular weight excluding hydrogens is 423 g/mol. The van der Waals surface area contributed by atoms with Gasteiger partial charge in [-0.3, -0.25) is 9.69 Å². The molecule has 3 heterocycles. The molecule has 148 valence electrons. The number of halogens is 2. The molecule has 1 aromatic carbocycles. The van der Waals surface area contributed by atoms with Gasteiger partial charge in [0.25, 0.3) is 0 Å². The van der Waals surface area contributed by atoms with E-state index in [1.54, 1.807) is 36.7 Å². The van der Waals surface area contributed by atoms with Crippen molar-refractivity contribution in [3.63, 3.8) is 0 Å². The van der Waals surface area contributed by atoms with Crippen LogP contribution in [0.15, 0.2) is 41.1 Å². The van der Waals surface area contributed by atoms with Crippen LogP contribution in [0.2, 0.25) is 0 Å². The van der Waals surface area contributed by atoms with E-state index in [1.165, 1.54) is 30.0 Å². The first-order valence-electron chi connectivity index (χ1n) is 9.81. The Morgan fingerprint density at radius 3 is 2.75 bits per heavy atom. The van der Waals surface area contributed by atoms with Gasteiger partial charge in [0, 0.05) is 31.4 Å². The van der Waals surface area contributed by atoms with Crippen molar-refractivity contribution in [2.45, 2.75) is 31.7 Å². The van der Waals surface area contributed by atoms with Crippen molar-refractivity contribution in [2.24, 2.45) is 0 Å². The number of aromatic nitrogens is 2. The molecule has 1 atom stereocenters. The zero-order valence-electron chi connectivity index (χ0n) is 15.7. The van der Waals surface area contributed by atoms with Gasteiger partial charge in [0.2, 0.25) is 5.91 Å². The minimum atomic E-state index is -0.378. The third-order valence-electron chi connectivity index (χ3n) is 5.55. The Balaban J connectivity index is 1.40. The Labute approximate surface area is 172 Å². The highest BCUT2D eigenvalue weighted by Crippen LogP contribution is 2.21. The number of carbonyl (C=O) groups is 1. The number of hydrogen-bond donors (Lipinski definition) is 0. The van der Waals surface area contributed by atoms with Crippen LogP contribution in [-0.2, 0) is 4.79 Å². The summed E-state index contributed by atoms with van der Waals surface area (Å²) in [5, 5.41) is 4.10. The van der Waals surface area contributed by atoms with Crippen LogP contribution in [0.5, 0.6) is 0 Å². The monoisotopic (exact) mass is 446 g/mol. The van der Waals surface area contributed by atoms with Crippen LogP contribution in [0.1, 0.15) is 31.2 Å². The molecular formula is C21H24BrFN4O. The van der Waals surface area contributed by atoms with Crippen molar-refractivity contribution >= 4 is 27.9 Å². The van der Waals surface area contributed by atoms with E-state index in [2.05, 4.69) is 25.9 Å². The Bertz CT molecular complexity index is 875. The third-order valence-corrected chi connectivity index (χ3v) is 5.96. The lowest BCUT2D eigenvalue weighted by molar-refractivity contribution is -0.127. The number of piperidine rings is 1. The fraction of sp³-hybridized carbons (Fsp3) is 0.429. The van der Waals surface area contributed by atoms with Gasteiger partial charge in [0.05, 0.1) is 10.7 Å². The molecule has 0 saturated carbocycles. The number of rotatable bonds is 4. The number of benzene rings is 1. The fourth-order valence-electron chi connectivity index (χ4n) is 4.08. The summed E-state index contributed by atoms with van der Waals surface area (Å²) in [6.45, 7) is 3.90. The van der Waals surface area contributed by atoms with Gasteiger partial charge in [-0.15, -0.1) is 0 Å². The highest BCUT2D eigenvalue weighted by Gasteiger charge is 2.28. The minimum absolute atomic E-state index is 0.00406. The number of likely N-dealkylation sites (tertiary alicyclic amines) is 2. The van der Waals surface area contributed by atoms with Gasteiger partial charge in [-0.1, -0.05) is 6.07 Å². The summed E-state index contributed by atoms with van der Waals surface area (Å²) in [6.07, 6.45) is 11.3. The summed E-state index contributed by atoms with van der Waals surface area (Å²) in [7, 11) is 0. The van der Waals surface area contributed by atoms with Crippen molar-refractivity contribution < 1.29 is 9.18 Å². The Hall–Kier alpha value is -1.99. The van der Waals surface area contributed by atoms with E-state index in [0.717, 1.165) is 37.1 Å². The summed E-state index contributed by atoms with van der Waals surface area (Å²) < 4.78 is 16.7. The first-order valence-corrected chi connectivity index (χ1v) is 10.6. The molecule has 28 heavy (non-hydrogen) atoms. The molecule has 2 saturated heterocycles. The largest absolute Gasteiger partial charge is 0.338 e. The summed E-state index contributed by atoms with van der Waals surface area (Å²) in [5.41, 5.74) is 1.03. The standard InChI is InChI=1S/C21H24BrFN4O/c22-17-13-24-27(14-17)20-7-5-16(12-19(20)23)6-8-21(28)26-11-3-4-18(15-26)25-9-1-2-10-25/h5-8,12-14,18H,1-4,9-11,15H2/b8-6+. The van der Waals surface area contributed by atoms with E-state index >= 15 is 0 Å². The van der Waals surface area contributed by atoms with E-state index in [9.17, 15) is 9.18 Å². The Kier molecular flexibility index (Phi) is 5.92. The molecule has 0 aliphatic carbocycles. The number of hydrogen-bond acceptors (Lipinski definition) is 3. The molecule has 1 aromatic heterocycles. The van der Waals surface area contributed by atoms with Crippen LogP contribution in [0.25, 0.3) is 11.8 Å². The lowest BCUT2D eigenvalue weighted by atomic mass is 10.0. The molecule has 0 spiro atoms. The van der Waals surface area contributed by atoms with E-state index in [1.807, 2.05) is 4.90 Å². The van der Waals surface area contributed by atoms with Gasteiger partial charge in [-0.05, 0) is 78.5 Å². The third kappa shape index (κ3) is 4.36. The van der Waals surface area contributed by atoms with Gasteiger partial charge in [-0.2, -0.15) is 5.10 Å². The van der Waals surface area contributed by atoms with Crippen LogP contribution in [-0.4, -0.2) is 57.7 Å². The predicted octanol–water partition coefficient (Wildman–Crippen LogP) is 3.87. The van der Waals surface area contributed by atoms with Gasteiger partial charge < -0.3 is 4.90 Å². The van der Waals surface area contributed by atoms with Crippen molar-refractivity contribution in [3.8, 4) is 5.69 Å². The molecule has 4 rings (SSSR count).